The molecule has 0 aliphatic rings. The van der Waals surface area contributed by atoms with Crippen LogP contribution in [0.5, 0.6) is 5.75 Å². The van der Waals surface area contributed by atoms with E-state index in [1.807, 2.05) is 25.3 Å². The van der Waals surface area contributed by atoms with Gasteiger partial charge in [0.1, 0.15) is 5.75 Å². The normalized spacial score (nSPS) is 10.3. The number of para-hydroxylation sites is 1. The third-order valence-electron chi connectivity index (χ3n) is 2.71. The molecule has 0 aliphatic heterocycles. The third-order valence-corrected chi connectivity index (χ3v) is 3.34. The van der Waals surface area contributed by atoms with Crippen molar-refractivity contribution in [3.8, 4) is 5.75 Å². The Morgan fingerprint density at radius 2 is 2.17 bits per heavy atom. The maximum Gasteiger partial charge on any atom is 0.137 e. The summed E-state index contributed by atoms with van der Waals surface area (Å²) >= 11 is 3.55. The fourth-order valence-corrected chi connectivity index (χ4v) is 2.31. The molecule has 0 radical (unpaired) electrons. The van der Waals surface area contributed by atoms with Crippen LogP contribution in [0.2, 0.25) is 0 Å². The molecule has 1 N–H and O–H groups in total. The van der Waals surface area contributed by atoms with Gasteiger partial charge >= 0.3 is 0 Å². The summed E-state index contributed by atoms with van der Waals surface area (Å²) in [7, 11) is 1.94. The maximum absolute atomic E-state index is 5.89. The van der Waals surface area contributed by atoms with Gasteiger partial charge in [-0.15, -0.1) is 6.58 Å². The molecule has 0 spiro atoms. The topological polar surface area (TPSA) is 21.3 Å². The monoisotopic (exact) mass is 311 g/mol. The van der Waals surface area contributed by atoms with Crippen LogP contribution in [0.3, 0.4) is 0 Å². The fourth-order valence-electron chi connectivity index (χ4n) is 1.79. The zero-order valence-electron chi connectivity index (χ0n) is 11.0. The molecule has 0 saturated heterocycles. The van der Waals surface area contributed by atoms with Gasteiger partial charge in [0, 0.05) is 12.1 Å². The Kier molecular flexibility index (Phi) is 7.78. The number of unbranched alkanes of at least 4 members (excludes halogenated alkanes) is 3. The summed E-state index contributed by atoms with van der Waals surface area (Å²) in [5, 5.41) is 3.16. The summed E-state index contributed by atoms with van der Waals surface area (Å²) in [4.78, 5) is 0. The van der Waals surface area contributed by atoms with Gasteiger partial charge < -0.3 is 10.1 Å². The van der Waals surface area contributed by atoms with E-state index in [0.29, 0.717) is 0 Å². The van der Waals surface area contributed by atoms with Gasteiger partial charge in [-0.3, -0.25) is 0 Å². The van der Waals surface area contributed by atoms with Crippen LogP contribution in [0.4, 0.5) is 0 Å². The van der Waals surface area contributed by atoms with Crippen LogP contribution >= 0.6 is 15.9 Å². The van der Waals surface area contributed by atoms with Crippen LogP contribution in [-0.4, -0.2) is 13.7 Å². The SMILES string of the molecule is C=CCCCCCOc1c(Br)cccc1CNC. The molecule has 0 bridgehead atoms. The van der Waals surface area contributed by atoms with Crippen LogP contribution in [-0.2, 0) is 6.54 Å². The summed E-state index contributed by atoms with van der Waals surface area (Å²) < 4.78 is 6.92. The van der Waals surface area contributed by atoms with E-state index in [1.165, 1.54) is 18.4 Å². The van der Waals surface area contributed by atoms with Crippen molar-refractivity contribution in [1.29, 1.82) is 0 Å². The van der Waals surface area contributed by atoms with Crippen LogP contribution in [0.25, 0.3) is 0 Å². The lowest BCUT2D eigenvalue weighted by Gasteiger charge is -2.13. The molecule has 0 amide bonds. The van der Waals surface area contributed by atoms with Gasteiger partial charge in [-0.25, -0.2) is 0 Å². The predicted octanol–water partition coefficient (Wildman–Crippen LogP) is 4.29. The van der Waals surface area contributed by atoms with Crippen LogP contribution < -0.4 is 10.1 Å². The Labute approximate surface area is 119 Å². The number of rotatable bonds is 9. The molecule has 0 unspecified atom stereocenters. The minimum atomic E-state index is 0.774. The molecule has 100 valence electrons. The summed E-state index contributed by atoms with van der Waals surface area (Å²) in [6.07, 6.45) is 6.55. The Morgan fingerprint density at radius 3 is 2.89 bits per heavy atom. The smallest absolute Gasteiger partial charge is 0.137 e. The van der Waals surface area contributed by atoms with E-state index in [-0.39, 0.29) is 0 Å². The minimum absolute atomic E-state index is 0.774. The first-order chi connectivity index (χ1) is 8.79. The van der Waals surface area contributed by atoms with Crippen molar-refractivity contribution in [2.24, 2.45) is 0 Å². The van der Waals surface area contributed by atoms with Crippen molar-refractivity contribution in [2.75, 3.05) is 13.7 Å². The van der Waals surface area contributed by atoms with Crippen molar-refractivity contribution in [3.05, 3.63) is 40.9 Å². The lowest BCUT2D eigenvalue weighted by Crippen LogP contribution is -2.08. The van der Waals surface area contributed by atoms with E-state index in [9.17, 15) is 0 Å². The predicted molar refractivity (Wildman–Crippen MR) is 81.1 cm³/mol. The zero-order chi connectivity index (χ0) is 13.2. The zero-order valence-corrected chi connectivity index (χ0v) is 12.6. The van der Waals surface area contributed by atoms with Crippen molar-refractivity contribution < 1.29 is 4.74 Å². The molecule has 1 aromatic carbocycles. The van der Waals surface area contributed by atoms with E-state index in [2.05, 4.69) is 33.9 Å². The summed E-state index contributed by atoms with van der Waals surface area (Å²) in [6.45, 7) is 5.32. The Balaban J connectivity index is 2.42. The second-order valence-electron chi connectivity index (χ2n) is 4.24. The van der Waals surface area contributed by atoms with Gasteiger partial charge in [0.15, 0.2) is 0 Å². The summed E-state index contributed by atoms with van der Waals surface area (Å²) in [5.41, 5.74) is 1.19. The van der Waals surface area contributed by atoms with Crippen LogP contribution in [0, 0.1) is 0 Å². The molecule has 1 rings (SSSR count). The number of ether oxygens (including phenoxy) is 1. The highest BCUT2D eigenvalue weighted by molar-refractivity contribution is 9.10. The first-order valence-electron chi connectivity index (χ1n) is 6.45. The average molecular weight is 312 g/mol. The maximum atomic E-state index is 5.89. The first kappa shape index (κ1) is 15.3. The number of halogens is 1. The van der Waals surface area contributed by atoms with E-state index in [1.54, 1.807) is 0 Å². The number of nitrogens with one attached hydrogen (secondary N) is 1. The molecule has 1 aromatic rings. The van der Waals surface area contributed by atoms with E-state index < -0.39 is 0 Å². The van der Waals surface area contributed by atoms with Gasteiger partial charge in [-0.05, 0) is 54.7 Å². The van der Waals surface area contributed by atoms with Crippen molar-refractivity contribution in [3.63, 3.8) is 0 Å². The number of hydrogen-bond acceptors (Lipinski definition) is 2. The second kappa shape index (κ2) is 9.17. The van der Waals surface area contributed by atoms with Crippen molar-refractivity contribution in [2.45, 2.75) is 32.2 Å². The Morgan fingerprint density at radius 1 is 1.33 bits per heavy atom. The molecular weight excluding hydrogens is 290 g/mol. The summed E-state index contributed by atoms with van der Waals surface area (Å²) in [6, 6.07) is 6.15. The first-order valence-corrected chi connectivity index (χ1v) is 7.24. The van der Waals surface area contributed by atoms with Crippen molar-refractivity contribution in [1.82, 2.24) is 5.32 Å². The molecule has 3 heteroatoms. The van der Waals surface area contributed by atoms with Gasteiger partial charge in [0.05, 0.1) is 11.1 Å². The van der Waals surface area contributed by atoms with Gasteiger partial charge in [0.2, 0.25) is 0 Å². The van der Waals surface area contributed by atoms with Gasteiger partial charge in [-0.2, -0.15) is 0 Å². The van der Waals surface area contributed by atoms with Gasteiger partial charge in [0.25, 0.3) is 0 Å². The van der Waals surface area contributed by atoms with Crippen LogP contribution in [0.1, 0.15) is 31.2 Å². The molecule has 18 heavy (non-hydrogen) atoms. The number of hydrogen-bond donors (Lipinski definition) is 1. The highest BCUT2D eigenvalue weighted by atomic mass is 79.9. The third kappa shape index (κ3) is 5.23. The van der Waals surface area contributed by atoms with Crippen LogP contribution in [0.15, 0.2) is 35.3 Å². The lowest BCUT2D eigenvalue weighted by molar-refractivity contribution is 0.300. The molecule has 0 fully saturated rings. The molecular formula is C15H22BrNO. The largest absolute Gasteiger partial charge is 0.492 e. The average Bonchev–Trinajstić information content (AvgIpc) is 2.36. The molecule has 0 atom stereocenters. The van der Waals surface area contributed by atoms with E-state index >= 15 is 0 Å². The van der Waals surface area contributed by atoms with Crippen molar-refractivity contribution >= 4 is 15.9 Å². The fraction of sp³-hybridized carbons (Fsp3) is 0.467. The lowest BCUT2D eigenvalue weighted by atomic mass is 10.2. The molecule has 2 nitrogen and oxygen atoms in total. The number of allylic oxidation sites excluding steroid dienone is 1. The standard InChI is InChI=1S/C15H22BrNO/c1-3-4-5-6-7-11-18-15-13(12-17-2)9-8-10-14(15)16/h3,8-10,17H,1,4-7,11-12H2,2H3. The molecule has 0 saturated carbocycles. The van der Waals surface area contributed by atoms with E-state index in [0.717, 1.165) is 36.2 Å². The van der Waals surface area contributed by atoms with E-state index in [4.69, 9.17) is 4.74 Å². The molecule has 0 aliphatic carbocycles. The highest BCUT2D eigenvalue weighted by Gasteiger charge is 2.06. The second-order valence-corrected chi connectivity index (χ2v) is 5.10. The minimum Gasteiger partial charge on any atom is -0.492 e. The Bertz CT molecular complexity index is 366. The molecule has 0 aromatic heterocycles. The Hall–Kier alpha value is -0.800. The molecule has 0 heterocycles. The van der Waals surface area contributed by atoms with Gasteiger partial charge in [-0.1, -0.05) is 18.2 Å². The quantitative estimate of drug-likeness (QED) is 0.542. The highest BCUT2D eigenvalue weighted by Crippen LogP contribution is 2.29. The summed E-state index contributed by atoms with van der Waals surface area (Å²) in [5.74, 6) is 0.968. The number of benzene rings is 1.